The normalized spacial score (nSPS) is 11.2. The summed E-state index contributed by atoms with van der Waals surface area (Å²) in [5, 5.41) is 2.43. The molecule has 332 valence electrons. The van der Waals surface area contributed by atoms with Crippen molar-refractivity contribution >= 4 is 45.2 Å². The molecule has 0 N–H and O–H groups in total. The minimum Gasteiger partial charge on any atom is -0.309 e. The highest BCUT2D eigenvalue weighted by Crippen LogP contribution is 2.49. The van der Waals surface area contributed by atoms with Gasteiger partial charge in [0, 0.05) is 16.8 Å². The Balaban J connectivity index is 1.23. The Morgan fingerprint density at radius 2 is 0.779 bits per heavy atom. The lowest BCUT2D eigenvalue weighted by atomic mass is 9.91. The van der Waals surface area contributed by atoms with Crippen LogP contribution in [0.25, 0.3) is 55.8 Å². The summed E-state index contributed by atoms with van der Waals surface area (Å²) in [5.74, 6) is 1.73. The number of fused-ring (bicyclic) bond motifs is 1. The highest BCUT2D eigenvalue weighted by Gasteiger charge is 2.28. The number of hydrogen-bond donors (Lipinski definition) is 0. The van der Waals surface area contributed by atoms with E-state index in [2.05, 4.69) is 217 Å². The molecule has 10 rings (SSSR count). The van der Waals surface area contributed by atoms with E-state index in [0.29, 0.717) is 17.6 Å². The standard InChI is InChI=1S/C63H55N5/c1-40-36-43(4)58(44(5)37-40)68(59-45(6)38-41(2)39-46(59)7)56-35-30-42(3)60(47(56)8)67(63-65-61(51-22-14-10-15-23-51)64-62(66-63)52-24-16-11-17-25-52)53-33-31-49(32-34-53)55-29-19-27-50-26-18-28-54(57(50)55)48-20-12-9-13-21-48/h9-39H,1-8H3. The van der Waals surface area contributed by atoms with Crippen LogP contribution in [-0.4, -0.2) is 15.0 Å². The summed E-state index contributed by atoms with van der Waals surface area (Å²) in [5.41, 5.74) is 21.5. The lowest BCUT2D eigenvalue weighted by Crippen LogP contribution is -2.21. The summed E-state index contributed by atoms with van der Waals surface area (Å²) < 4.78 is 0. The van der Waals surface area contributed by atoms with Gasteiger partial charge in [-0.25, -0.2) is 4.98 Å². The number of aryl methyl sites for hydroxylation is 7. The molecule has 0 spiro atoms. The highest BCUT2D eigenvalue weighted by molar-refractivity contribution is 6.06. The predicted octanol–water partition coefficient (Wildman–Crippen LogP) is 17.1. The maximum atomic E-state index is 5.39. The Hall–Kier alpha value is -8.15. The van der Waals surface area contributed by atoms with Crippen molar-refractivity contribution in [2.75, 3.05) is 9.80 Å². The van der Waals surface area contributed by atoms with Crippen LogP contribution >= 0.6 is 0 Å². The fraction of sp³-hybridized carbons (Fsp3) is 0.127. The van der Waals surface area contributed by atoms with E-state index in [1.807, 2.05) is 36.4 Å². The average molecular weight is 882 g/mol. The van der Waals surface area contributed by atoms with Crippen LogP contribution in [0.1, 0.15) is 44.5 Å². The van der Waals surface area contributed by atoms with Gasteiger partial charge in [0.15, 0.2) is 11.6 Å². The highest BCUT2D eigenvalue weighted by atomic mass is 15.3. The Kier molecular flexibility index (Phi) is 11.7. The second-order valence-electron chi connectivity index (χ2n) is 18.2. The van der Waals surface area contributed by atoms with Crippen molar-refractivity contribution < 1.29 is 0 Å². The molecule has 1 heterocycles. The molecule has 9 aromatic carbocycles. The zero-order valence-corrected chi connectivity index (χ0v) is 40.1. The lowest BCUT2D eigenvalue weighted by Gasteiger charge is -2.35. The van der Waals surface area contributed by atoms with Gasteiger partial charge in [0.2, 0.25) is 5.95 Å². The van der Waals surface area contributed by atoms with Crippen molar-refractivity contribution in [3.8, 4) is 45.0 Å². The van der Waals surface area contributed by atoms with E-state index < -0.39 is 0 Å². The van der Waals surface area contributed by atoms with Gasteiger partial charge < -0.3 is 4.90 Å². The number of hydrogen-bond acceptors (Lipinski definition) is 5. The molecule has 0 unspecified atom stereocenters. The molecule has 0 amide bonds. The molecule has 10 aromatic rings. The molecule has 0 aliphatic heterocycles. The molecule has 0 atom stereocenters. The van der Waals surface area contributed by atoms with Crippen molar-refractivity contribution in [1.29, 1.82) is 0 Å². The van der Waals surface area contributed by atoms with E-state index >= 15 is 0 Å². The van der Waals surface area contributed by atoms with Crippen molar-refractivity contribution in [3.05, 3.63) is 233 Å². The number of aromatic nitrogens is 3. The SMILES string of the molecule is Cc1cc(C)c(N(c2ccc(C)c(N(c3ccc(-c4cccc5cccc(-c6ccccc6)c45)cc3)c3nc(-c4ccccc4)nc(-c4ccccc4)n3)c2C)c2c(C)cc(C)cc2C)c(C)c1. The number of rotatable bonds is 10. The van der Waals surface area contributed by atoms with E-state index in [1.165, 1.54) is 72.2 Å². The summed E-state index contributed by atoms with van der Waals surface area (Å²) in [6, 6.07) is 67.0. The van der Waals surface area contributed by atoms with Gasteiger partial charge in [-0.2, -0.15) is 9.97 Å². The Labute approximate surface area is 401 Å². The number of benzene rings is 9. The minimum absolute atomic E-state index is 0.530. The van der Waals surface area contributed by atoms with Crippen molar-refractivity contribution in [2.24, 2.45) is 0 Å². The fourth-order valence-electron chi connectivity index (χ4n) is 10.3. The number of nitrogens with zero attached hydrogens (tertiary/aromatic N) is 5. The zero-order chi connectivity index (χ0) is 47.1. The molecule has 0 saturated heterocycles. The third-order valence-corrected chi connectivity index (χ3v) is 13.1. The molecule has 0 fully saturated rings. The molecule has 5 nitrogen and oxygen atoms in total. The number of anilines is 6. The molecule has 0 radical (unpaired) electrons. The van der Waals surface area contributed by atoms with Crippen LogP contribution in [0.3, 0.4) is 0 Å². The summed E-state index contributed by atoms with van der Waals surface area (Å²) in [6.07, 6.45) is 0. The van der Waals surface area contributed by atoms with Crippen LogP contribution in [0.15, 0.2) is 188 Å². The van der Waals surface area contributed by atoms with Gasteiger partial charge in [0.05, 0.1) is 22.7 Å². The van der Waals surface area contributed by atoms with Crippen LogP contribution in [0, 0.1) is 55.4 Å². The first-order valence-electron chi connectivity index (χ1n) is 23.4. The van der Waals surface area contributed by atoms with Crippen molar-refractivity contribution in [2.45, 2.75) is 55.4 Å². The van der Waals surface area contributed by atoms with Gasteiger partial charge in [0.1, 0.15) is 0 Å². The van der Waals surface area contributed by atoms with Crippen LogP contribution in [0.4, 0.5) is 34.4 Å². The van der Waals surface area contributed by atoms with E-state index in [1.54, 1.807) is 0 Å². The van der Waals surface area contributed by atoms with Crippen LogP contribution in [-0.2, 0) is 0 Å². The third kappa shape index (κ3) is 8.22. The first-order valence-corrected chi connectivity index (χ1v) is 23.4. The van der Waals surface area contributed by atoms with Crippen LogP contribution < -0.4 is 9.80 Å². The van der Waals surface area contributed by atoms with Crippen LogP contribution in [0.2, 0.25) is 0 Å². The molecule has 0 bridgehead atoms. The summed E-state index contributed by atoms with van der Waals surface area (Å²) >= 11 is 0. The quantitative estimate of drug-likeness (QED) is 0.137. The van der Waals surface area contributed by atoms with Gasteiger partial charge in [-0.05, 0) is 140 Å². The fourth-order valence-corrected chi connectivity index (χ4v) is 10.3. The topological polar surface area (TPSA) is 45.2 Å². The molecular formula is C63H55N5. The van der Waals surface area contributed by atoms with E-state index in [9.17, 15) is 0 Å². The van der Waals surface area contributed by atoms with Gasteiger partial charge in [-0.15, -0.1) is 0 Å². The summed E-state index contributed by atoms with van der Waals surface area (Å²) in [7, 11) is 0. The second kappa shape index (κ2) is 18.3. The summed E-state index contributed by atoms with van der Waals surface area (Å²) in [4.78, 5) is 20.6. The monoisotopic (exact) mass is 881 g/mol. The minimum atomic E-state index is 0.530. The third-order valence-electron chi connectivity index (χ3n) is 13.1. The first kappa shape index (κ1) is 43.7. The van der Waals surface area contributed by atoms with Crippen LogP contribution in [0.5, 0.6) is 0 Å². The van der Waals surface area contributed by atoms with Crippen molar-refractivity contribution in [3.63, 3.8) is 0 Å². The average Bonchev–Trinajstić information content (AvgIpc) is 3.35. The molecule has 0 aliphatic carbocycles. The van der Waals surface area contributed by atoms with E-state index in [-0.39, 0.29) is 0 Å². The van der Waals surface area contributed by atoms with Gasteiger partial charge in [-0.1, -0.05) is 181 Å². The molecular weight excluding hydrogens is 827 g/mol. The van der Waals surface area contributed by atoms with Gasteiger partial charge >= 0.3 is 0 Å². The molecule has 0 aliphatic rings. The van der Waals surface area contributed by atoms with Gasteiger partial charge in [0.25, 0.3) is 0 Å². The molecule has 0 saturated carbocycles. The smallest absolute Gasteiger partial charge is 0.238 e. The Bertz CT molecular complexity index is 3300. The molecule has 68 heavy (non-hydrogen) atoms. The molecule has 5 heteroatoms. The zero-order valence-electron chi connectivity index (χ0n) is 40.1. The van der Waals surface area contributed by atoms with E-state index in [4.69, 9.17) is 15.0 Å². The maximum absolute atomic E-state index is 5.39. The maximum Gasteiger partial charge on any atom is 0.238 e. The predicted molar refractivity (Wildman–Crippen MR) is 286 cm³/mol. The summed E-state index contributed by atoms with van der Waals surface area (Å²) in [6.45, 7) is 17.7. The first-order chi connectivity index (χ1) is 33.0. The van der Waals surface area contributed by atoms with Gasteiger partial charge in [-0.3, -0.25) is 4.90 Å². The Morgan fingerprint density at radius 1 is 0.338 bits per heavy atom. The van der Waals surface area contributed by atoms with Crippen molar-refractivity contribution in [1.82, 2.24) is 15.0 Å². The van der Waals surface area contributed by atoms with E-state index in [0.717, 1.165) is 44.9 Å². The second-order valence-corrected chi connectivity index (χ2v) is 18.2. The molecule has 1 aromatic heterocycles. The lowest BCUT2D eigenvalue weighted by molar-refractivity contribution is 1.01. The Morgan fingerprint density at radius 3 is 1.25 bits per heavy atom. The largest absolute Gasteiger partial charge is 0.309 e.